The molecule has 0 N–H and O–H groups in total. The lowest BCUT2D eigenvalue weighted by molar-refractivity contribution is -0.112. The highest BCUT2D eigenvalue weighted by atomic mass is 32.2. The molecular formula is C16H15NO2S. The van der Waals surface area contributed by atoms with Crippen LogP contribution in [0, 0.1) is 0 Å². The van der Waals surface area contributed by atoms with E-state index in [1.165, 1.54) is 17.9 Å². The first-order valence-electron chi connectivity index (χ1n) is 6.15. The number of nitrogens with zero attached hydrogens (tertiary/aromatic N) is 1. The molecule has 0 aliphatic carbocycles. The fourth-order valence-electron chi connectivity index (χ4n) is 1.55. The van der Waals surface area contributed by atoms with Crippen LogP contribution in [0.15, 0.2) is 53.4 Å². The summed E-state index contributed by atoms with van der Waals surface area (Å²) in [4.78, 5) is 16.4. The Labute approximate surface area is 122 Å². The van der Waals surface area contributed by atoms with Crippen LogP contribution in [-0.2, 0) is 4.79 Å². The van der Waals surface area contributed by atoms with Crippen molar-refractivity contribution in [1.29, 1.82) is 0 Å². The molecule has 0 spiro atoms. The molecule has 1 aromatic heterocycles. The predicted molar refractivity (Wildman–Crippen MR) is 82.2 cm³/mol. The average Bonchev–Trinajstić information content (AvgIpc) is 2.46. The molecule has 0 saturated heterocycles. The molecule has 1 heterocycles. The fraction of sp³-hybridized carbons (Fsp3) is 0.125. The molecule has 0 fully saturated rings. The molecule has 0 radical (unpaired) electrons. The van der Waals surface area contributed by atoms with E-state index in [9.17, 15) is 4.79 Å². The Hall–Kier alpha value is -2.07. The highest BCUT2D eigenvalue weighted by Gasteiger charge is 2.00. The number of rotatable bonds is 5. The van der Waals surface area contributed by atoms with Gasteiger partial charge in [-0.15, -0.1) is 11.8 Å². The third-order valence-corrected chi connectivity index (χ3v) is 3.26. The quantitative estimate of drug-likeness (QED) is 0.609. The number of pyridine rings is 1. The van der Waals surface area contributed by atoms with Crippen LogP contribution in [0.1, 0.15) is 12.6 Å². The minimum atomic E-state index is -0.00854. The average molecular weight is 285 g/mol. The largest absolute Gasteiger partial charge is 0.439 e. The minimum absolute atomic E-state index is 0.00854. The van der Waals surface area contributed by atoms with Crippen molar-refractivity contribution in [3.05, 3.63) is 54.2 Å². The number of carbonyl (C=O) groups excluding carboxylic acids is 1. The molecule has 3 nitrogen and oxygen atoms in total. The van der Waals surface area contributed by atoms with Crippen molar-refractivity contribution in [3.63, 3.8) is 0 Å². The van der Waals surface area contributed by atoms with Gasteiger partial charge in [-0.25, -0.2) is 4.98 Å². The zero-order valence-electron chi connectivity index (χ0n) is 11.4. The molecule has 0 amide bonds. The lowest BCUT2D eigenvalue weighted by Crippen LogP contribution is -1.90. The van der Waals surface area contributed by atoms with Crippen LogP contribution in [-0.4, -0.2) is 17.0 Å². The van der Waals surface area contributed by atoms with Gasteiger partial charge < -0.3 is 4.74 Å². The molecule has 0 aliphatic heterocycles. The molecule has 4 heteroatoms. The van der Waals surface area contributed by atoms with E-state index in [2.05, 4.69) is 4.98 Å². The molecule has 0 atom stereocenters. The topological polar surface area (TPSA) is 39.2 Å². The van der Waals surface area contributed by atoms with Gasteiger partial charge >= 0.3 is 0 Å². The van der Waals surface area contributed by atoms with Gasteiger partial charge in [0.15, 0.2) is 5.78 Å². The van der Waals surface area contributed by atoms with Crippen molar-refractivity contribution in [3.8, 4) is 11.6 Å². The maximum absolute atomic E-state index is 10.9. The summed E-state index contributed by atoms with van der Waals surface area (Å²) in [5.41, 5.74) is 0.693. The SMILES string of the molecule is CSc1ccc(Oc2cccc(C=CC(C)=O)n2)cc1. The zero-order chi connectivity index (χ0) is 14.4. The van der Waals surface area contributed by atoms with Gasteiger partial charge in [0.05, 0.1) is 5.69 Å². The normalized spacial score (nSPS) is 10.7. The summed E-state index contributed by atoms with van der Waals surface area (Å²) in [6, 6.07) is 13.3. The number of ether oxygens (including phenoxy) is 1. The van der Waals surface area contributed by atoms with Gasteiger partial charge in [-0.3, -0.25) is 4.79 Å². The van der Waals surface area contributed by atoms with Crippen molar-refractivity contribution in [2.24, 2.45) is 0 Å². The second kappa shape index (κ2) is 6.91. The second-order valence-electron chi connectivity index (χ2n) is 4.12. The molecule has 2 aromatic rings. The van der Waals surface area contributed by atoms with Gasteiger partial charge in [-0.05, 0) is 55.7 Å². The second-order valence-corrected chi connectivity index (χ2v) is 5.00. The first-order chi connectivity index (χ1) is 9.67. The van der Waals surface area contributed by atoms with Crippen LogP contribution >= 0.6 is 11.8 Å². The Morgan fingerprint density at radius 3 is 2.60 bits per heavy atom. The Balaban J connectivity index is 2.12. The Kier molecular flexibility index (Phi) is 4.96. The number of allylic oxidation sites excluding steroid dienone is 1. The van der Waals surface area contributed by atoms with Gasteiger partial charge in [0.1, 0.15) is 5.75 Å². The zero-order valence-corrected chi connectivity index (χ0v) is 12.2. The number of aromatic nitrogens is 1. The molecule has 20 heavy (non-hydrogen) atoms. The highest BCUT2D eigenvalue weighted by molar-refractivity contribution is 7.98. The van der Waals surface area contributed by atoms with Crippen molar-refractivity contribution in [1.82, 2.24) is 4.98 Å². The summed E-state index contributed by atoms with van der Waals surface area (Å²) in [5.74, 6) is 1.24. The van der Waals surface area contributed by atoms with Crippen molar-refractivity contribution < 1.29 is 9.53 Å². The van der Waals surface area contributed by atoms with Gasteiger partial charge in [0.2, 0.25) is 5.88 Å². The van der Waals surface area contributed by atoms with E-state index in [1.807, 2.05) is 42.7 Å². The monoisotopic (exact) mass is 285 g/mol. The molecule has 0 aliphatic rings. The number of hydrogen-bond acceptors (Lipinski definition) is 4. The van der Waals surface area contributed by atoms with E-state index in [1.54, 1.807) is 23.9 Å². The van der Waals surface area contributed by atoms with Crippen molar-refractivity contribution in [2.45, 2.75) is 11.8 Å². The van der Waals surface area contributed by atoms with Gasteiger partial charge in [0.25, 0.3) is 0 Å². The molecule has 102 valence electrons. The van der Waals surface area contributed by atoms with E-state index in [4.69, 9.17) is 4.74 Å². The third-order valence-electron chi connectivity index (χ3n) is 2.52. The maximum atomic E-state index is 10.9. The van der Waals surface area contributed by atoms with Crippen molar-refractivity contribution in [2.75, 3.05) is 6.26 Å². The lowest BCUT2D eigenvalue weighted by atomic mass is 10.3. The molecule has 0 saturated carbocycles. The van der Waals surface area contributed by atoms with Crippen LogP contribution in [0.2, 0.25) is 0 Å². The summed E-state index contributed by atoms with van der Waals surface area (Å²) in [6.07, 6.45) is 5.19. The summed E-state index contributed by atoms with van der Waals surface area (Å²) >= 11 is 1.68. The van der Waals surface area contributed by atoms with Crippen molar-refractivity contribution >= 4 is 23.6 Å². The number of ketones is 1. The highest BCUT2D eigenvalue weighted by Crippen LogP contribution is 2.23. The van der Waals surface area contributed by atoms with Gasteiger partial charge in [-0.2, -0.15) is 0 Å². The minimum Gasteiger partial charge on any atom is -0.439 e. The molecule has 1 aromatic carbocycles. The molecule has 2 rings (SSSR count). The van der Waals surface area contributed by atoms with E-state index in [-0.39, 0.29) is 5.78 Å². The van der Waals surface area contributed by atoms with Crippen LogP contribution in [0.3, 0.4) is 0 Å². The Morgan fingerprint density at radius 2 is 1.95 bits per heavy atom. The fourth-order valence-corrected chi connectivity index (χ4v) is 1.96. The Bertz CT molecular complexity index is 621. The number of benzene rings is 1. The standard InChI is InChI=1S/C16H15NO2S/c1-12(18)6-7-13-4-3-5-16(17-13)19-14-8-10-15(20-2)11-9-14/h3-11H,1-2H3. The summed E-state index contributed by atoms with van der Waals surface area (Å²) < 4.78 is 5.69. The predicted octanol–water partition coefficient (Wildman–Crippen LogP) is 4.20. The first-order valence-corrected chi connectivity index (χ1v) is 7.37. The number of carbonyl (C=O) groups is 1. The van der Waals surface area contributed by atoms with E-state index < -0.39 is 0 Å². The molecule has 0 bridgehead atoms. The van der Waals surface area contributed by atoms with Crippen LogP contribution in [0.4, 0.5) is 0 Å². The van der Waals surface area contributed by atoms with Crippen LogP contribution in [0.5, 0.6) is 11.6 Å². The lowest BCUT2D eigenvalue weighted by Gasteiger charge is -2.05. The van der Waals surface area contributed by atoms with Crippen LogP contribution < -0.4 is 4.74 Å². The molecule has 0 unspecified atom stereocenters. The smallest absolute Gasteiger partial charge is 0.219 e. The van der Waals surface area contributed by atoms with Gasteiger partial charge in [-0.1, -0.05) is 6.07 Å². The summed E-state index contributed by atoms with van der Waals surface area (Å²) in [7, 11) is 0. The molecular weight excluding hydrogens is 270 g/mol. The Morgan fingerprint density at radius 1 is 1.20 bits per heavy atom. The summed E-state index contributed by atoms with van der Waals surface area (Å²) in [6.45, 7) is 1.50. The maximum Gasteiger partial charge on any atom is 0.219 e. The van der Waals surface area contributed by atoms with E-state index in [0.717, 1.165) is 5.75 Å². The third kappa shape index (κ3) is 4.24. The van der Waals surface area contributed by atoms with Gasteiger partial charge in [0, 0.05) is 11.0 Å². The van der Waals surface area contributed by atoms with E-state index in [0.29, 0.717) is 11.6 Å². The number of thioether (sulfide) groups is 1. The summed E-state index contributed by atoms with van der Waals surface area (Å²) in [5, 5.41) is 0. The number of hydrogen-bond donors (Lipinski definition) is 0. The van der Waals surface area contributed by atoms with Crippen LogP contribution in [0.25, 0.3) is 6.08 Å². The first kappa shape index (κ1) is 14.3. The van der Waals surface area contributed by atoms with E-state index >= 15 is 0 Å².